The van der Waals surface area contributed by atoms with Crippen molar-refractivity contribution in [2.45, 2.75) is 85.1 Å². The first-order valence-electron chi connectivity index (χ1n) is 17.1. The van der Waals surface area contributed by atoms with Gasteiger partial charge in [0.2, 0.25) is 0 Å². The standard InChI is InChI=1S/C38H51N5O5/c1-37(2,3)47-35(44)30-14-17-42(18-15-30)26-31-23-28(9-12-33(31)43-19-21-46-22-20-43)24-34-39-16-13-32(41-34)29-10-7-27(8-11-29)25-40-36(45)48-38(4,5)6/h7-13,16,23,30H,14-15,17-22,24-26H2,1-6H3,(H,40,45). The van der Waals surface area contributed by atoms with Crippen molar-refractivity contribution in [3.8, 4) is 11.3 Å². The lowest BCUT2D eigenvalue weighted by molar-refractivity contribution is -0.161. The zero-order chi connectivity index (χ0) is 34.3. The number of morpholine rings is 1. The maximum Gasteiger partial charge on any atom is 0.407 e. The van der Waals surface area contributed by atoms with E-state index in [9.17, 15) is 9.59 Å². The minimum absolute atomic E-state index is 0.0416. The molecule has 2 aliphatic rings. The monoisotopic (exact) mass is 657 g/mol. The van der Waals surface area contributed by atoms with Crippen LogP contribution in [-0.2, 0) is 38.5 Å². The predicted molar refractivity (Wildman–Crippen MR) is 187 cm³/mol. The first-order valence-corrected chi connectivity index (χ1v) is 17.1. The number of benzene rings is 2. The second kappa shape index (κ2) is 15.5. The van der Waals surface area contributed by atoms with Gasteiger partial charge in [0.15, 0.2) is 0 Å². The fourth-order valence-corrected chi connectivity index (χ4v) is 6.05. The Bertz CT molecular complexity index is 1530. The van der Waals surface area contributed by atoms with Crippen molar-refractivity contribution < 1.29 is 23.8 Å². The van der Waals surface area contributed by atoms with Crippen molar-refractivity contribution in [2.75, 3.05) is 44.3 Å². The Morgan fingerprint density at radius 2 is 1.54 bits per heavy atom. The topological polar surface area (TPSA) is 106 Å². The van der Waals surface area contributed by atoms with E-state index in [-0.39, 0.29) is 11.9 Å². The summed E-state index contributed by atoms with van der Waals surface area (Å²) in [5.41, 5.74) is 5.49. The van der Waals surface area contributed by atoms with Crippen molar-refractivity contribution >= 4 is 17.7 Å². The molecular weight excluding hydrogens is 606 g/mol. The zero-order valence-electron chi connectivity index (χ0n) is 29.4. The van der Waals surface area contributed by atoms with Gasteiger partial charge in [-0.15, -0.1) is 0 Å². The summed E-state index contributed by atoms with van der Waals surface area (Å²) in [5, 5.41) is 2.80. The van der Waals surface area contributed by atoms with Crippen LogP contribution in [0.5, 0.6) is 0 Å². The number of esters is 1. The molecule has 0 aliphatic carbocycles. The lowest BCUT2D eigenvalue weighted by Crippen LogP contribution is -2.39. The zero-order valence-corrected chi connectivity index (χ0v) is 29.4. The highest BCUT2D eigenvalue weighted by molar-refractivity contribution is 5.73. The van der Waals surface area contributed by atoms with E-state index >= 15 is 0 Å². The Labute approximate surface area is 285 Å². The summed E-state index contributed by atoms with van der Waals surface area (Å²) in [6, 6.07) is 16.6. The molecule has 0 unspecified atom stereocenters. The molecule has 1 N–H and O–H groups in total. The van der Waals surface area contributed by atoms with Crippen LogP contribution >= 0.6 is 0 Å². The van der Waals surface area contributed by atoms with Crippen LogP contribution in [0.1, 0.15) is 76.9 Å². The molecule has 2 aliphatic heterocycles. The molecule has 1 aromatic heterocycles. The number of anilines is 1. The summed E-state index contributed by atoms with van der Waals surface area (Å²) in [7, 11) is 0. The number of nitrogens with one attached hydrogen (secondary N) is 1. The number of nitrogens with zero attached hydrogens (tertiary/aromatic N) is 4. The molecule has 2 saturated heterocycles. The molecule has 5 rings (SSSR count). The van der Waals surface area contributed by atoms with E-state index in [0.717, 1.165) is 87.0 Å². The first-order chi connectivity index (χ1) is 22.8. The molecule has 10 nitrogen and oxygen atoms in total. The molecule has 0 radical (unpaired) electrons. The lowest BCUT2D eigenvalue weighted by Gasteiger charge is -2.35. The van der Waals surface area contributed by atoms with E-state index in [1.165, 1.54) is 11.3 Å². The number of alkyl carbamates (subject to hydrolysis) is 1. The SMILES string of the molecule is CC(C)(C)OC(=O)NCc1ccc(-c2ccnc(Cc3ccc(N4CCOCC4)c(CN4CCC(C(=O)OC(C)(C)C)CC4)c3)n2)cc1. The fourth-order valence-electron chi connectivity index (χ4n) is 6.05. The van der Waals surface area contributed by atoms with Crippen LogP contribution in [0, 0.1) is 5.92 Å². The van der Waals surface area contributed by atoms with Gasteiger partial charge in [-0.1, -0.05) is 36.4 Å². The number of aromatic nitrogens is 2. The molecular formula is C38H51N5O5. The summed E-state index contributed by atoms with van der Waals surface area (Å²) in [6.07, 6.45) is 3.61. The largest absolute Gasteiger partial charge is 0.460 e. The number of piperidine rings is 1. The molecule has 0 atom stereocenters. The Morgan fingerprint density at radius 3 is 2.21 bits per heavy atom. The third-order valence-electron chi connectivity index (χ3n) is 8.37. The van der Waals surface area contributed by atoms with Gasteiger partial charge in [-0.3, -0.25) is 9.69 Å². The van der Waals surface area contributed by atoms with Crippen LogP contribution in [-0.4, -0.2) is 77.5 Å². The van der Waals surface area contributed by atoms with Crippen LogP contribution < -0.4 is 10.2 Å². The van der Waals surface area contributed by atoms with E-state index in [1.54, 1.807) is 0 Å². The number of likely N-dealkylation sites (tertiary alicyclic amines) is 1. The second-order valence-electron chi connectivity index (χ2n) is 14.7. The van der Waals surface area contributed by atoms with Crippen molar-refractivity contribution in [3.05, 3.63) is 77.2 Å². The molecule has 3 aromatic rings. The Hall–Kier alpha value is -4.02. The molecule has 10 heteroatoms. The van der Waals surface area contributed by atoms with Gasteiger partial charge in [0.25, 0.3) is 0 Å². The quantitative estimate of drug-likeness (QED) is 0.271. The third-order valence-corrected chi connectivity index (χ3v) is 8.37. The van der Waals surface area contributed by atoms with E-state index < -0.39 is 17.3 Å². The minimum atomic E-state index is -0.535. The average molecular weight is 658 g/mol. The number of ether oxygens (including phenoxy) is 3. The number of hydrogen-bond donors (Lipinski definition) is 1. The van der Waals surface area contributed by atoms with Crippen LogP contribution in [0.15, 0.2) is 54.7 Å². The molecule has 0 saturated carbocycles. The second-order valence-corrected chi connectivity index (χ2v) is 14.7. The van der Waals surface area contributed by atoms with Crippen LogP contribution in [0.4, 0.5) is 10.5 Å². The number of amides is 1. The molecule has 258 valence electrons. The van der Waals surface area contributed by atoms with Crippen molar-refractivity contribution in [2.24, 2.45) is 5.92 Å². The van der Waals surface area contributed by atoms with Gasteiger partial charge >= 0.3 is 12.1 Å². The van der Waals surface area contributed by atoms with Crippen LogP contribution in [0.2, 0.25) is 0 Å². The molecule has 1 amide bonds. The van der Waals surface area contributed by atoms with E-state index in [0.29, 0.717) is 13.0 Å². The number of hydrogen-bond acceptors (Lipinski definition) is 9. The lowest BCUT2D eigenvalue weighted by atomic mass is 9.95. The average Bonchev–Trinajstić information content (AvgIpc) is 3.03. The highest BCUT2D eigenvalue weighted by atomic mass is 16.6. The highest BCUT2D eigenvalue weighted by Crippen LogP contribution is 2.29. The van der Waals surface area contributed by atoms with E-state index in [1.807, 2.05) is 78.1 Å². The fraction of sp³-hybridized carbons (Fsp3) is 0.526. The highest BCUT2D eigenvalue weighted by Gasteiger charge is 2.29. The molecule has 0 spiro atoms. The number of carbonyl (C=O) groups is 2. The van der Waals surface area contributed by atoms with Gasteiger partial charge in [0, 0.05) is 50.0 Å². The van der Waals surface area contributed by atoms with Gasteiger partial charge in [0.1, 0.15) is 17.0 Å². The maximum absolute atomic E-state index is 12.7. The van der Waals surface area contributed by atoms with Crippen molar-refractivity contribution in [1.29, 1.82) is 0 Å². The van der Waals surface area contributed by atoms with Gasteiger partial charge < -0.3 is 24.4 Å². The van der Waals surface area contributed by atoms with Crippen LogP contribution in [0.25, 0.3) is 11.3 Å². The van der Waals surface area contributed by atoms with Gasteiger partial charge in [0.05, 0.1) is 24.8 Å². The minimum Gasteiger partial charge on any atom is -0.460 e. The predicted octanol–water partition coefficient (Wildman–Crippen LogP) is 6.15. The summed E-state index contributed by atoms with van der Waals surface area (Å²) in [4.78, 5) is 39.1. The van der Waals surface area contributed by atoms with Gasteiger partial charge in [-0.05, 0) is 96.3 Å². The summed E-state index contributed by atoms with van der Waals surface area (Å²) >= 11 is 0. The van der Waals surface area contributed by atoms with Gasteiger partial charge in [-0.25, -0.2) is 14.8 Å². The van der Waals surface area contributed by atoms with Gasteiger partial charge in [-0.2, -0.15) is 0 Å². The molecule has 2 fully saturated rings. The Balaban J connectivity index is 1.25. The Morgan fingerprint density at radius 1 is 0.875 bits per heavy atom. The van der Waals surface area contributed by atoms with Crippen molar-refractivity contribution in [1.82, 2.24) is 20.2 Å². The molecule has 2 aromatic carbocycles. The summed E-state index contributed by atoms with van der Waals surface area (Å²) in [5.74, 6) is 0.637. The normalized spacial score (nSPS) is 16.4. The Kier molecular flexibility index (Phi) is 11.4. The van der Waals surface area contributed by atoms with Crippen molar-refractivity contribution in [3.63, 3.8) is 0 Å². The van der Waals surface area contributed by atoms with E-state index in [4.69, 9.17) is 19.2 Å². The first kappa shape index (κ1) is 35.3. The summed E-state index contributed by atoms with van der Waals surface area (Å²) in [6.45, 7) is 17.4. The molecule has 0 bridgehead atoms. The molecule has 3 heterocycles. The third kappa shape index (κ3) is 10.5. The molecule has 48 heavy (non-hydrogen) atoms. The maximum atomic E-state index is 12.7. The number of rotatable bonds is 9. The van der Waals surface area contributed by atoms with E-state index in [2.05, 4.69) is 38.3 Å². The smallest absolute Gasteiger partial charge is 0.407 e. The summed E-state index contributed by atoms with van der Waals surface area (Å²) < 4.78 is 16.6. The number of carbonyl (C=O) groups excluding carboxylic acids is 2. The van der Waals surface area contributed by atoms with Crippen LogP contribution in [0.3, 0.4) is 0 Å².